The Balaban J connectivity index is 2.41. The number of ketones is 1. The van der Waals surface area contributed by atoms with Gasteiger partial charge < -0.3 is 20.1 Å². The summed E-state index contributed by atoms with van der Waals surface area (Å²) in [6.07, 6.45) is -0.200. The molecular formula is C16H16O5. The maximum atomic E-state index is 12.1. The van der Waals surface area contributed by atoms with E-state index in [2.05, 4.69) is 0 Å². The van der Waals surface area contributed by atoms with Crippen molar-refractivity contribution in [1.29, 1.82) is 0 Å². The highest BCUT2D eigenvalue weighted by Gasteiger charge is 2.29. The molecule has 1 aliphatic rings. The van der Waals surface area contributed by atoms with Crippen LogP contribution in [0.3, 0.4) is 0 Å². The van der Waals surface area contributed by atoms with Gasteiger partial charge in [0.25, 0.3) is 0 Å². The minimum atomic E-state index is -0.767. The van der Waals surface area contributed by atoms with Crippen molar-refractivity contribution in [2.24, 2.45) is 0 Å². The number of methoxy groups -OCH3 is 1. The standard InChI is InChI=1S/C16H16O5/c1-21-13-5-8(7-17)4-9-6-10-11(18)2-3-12(19)15(10)16(20)14(9)13/h4-6,11,17-18,20H,2-3,7H2,1H3. The molecule has 0 saturated heterocycles. The quantitative estimate of drug-likeness (QED) is 0.787. The molecule has 1 unspecified atom stereocenters. The van der Waals surface area contributed by atoms with Gasteiger partial charge >= 0.3 is 0 Å². The number of benzene rings is 2. The Morgan fingerprint density at radius 2 is 2.10 bits per heavy atom. The molecule has 0 saturated carbocycles. The second kappa shape index (κ2) is 5.02. The number of phenolic OH excluding ortho intramolecular Hbond substituents is 1. The minimum absolute atomic E-state index is 0.160. The molecule has 3 rings (SSSR count). The Morgan fingerprint density at radius 1 is 1.33 bits per heavy atom. The average Bonchev–Trinajstić information content (AvgIpc) is 2.49. The Hall–Kier alpha value is -2.11. The maximum absolute atomic E-state index is 12.1. The molecule has 2 aromatic carbocycles. The van der Waals surface area contributed by atoms with Crippen molar-refractivity contribution in [3.63, 3.8) is 0 Å². The van der Waals surface area contributed by atoms with E-state index in [1.165, 1.54) is 7.11 Å². The smallest absolute Gasteiger partial charge is 0.167 e. The van der Waals surface area contributed by atoms with Crippen molar-refractivity contribution in [2.45, 2.75) is 25.6 Å². The van der Waals surface area contributed by atoms with Gasteiger partial charge in [0.05, 0.1) is 30.8 Å². The maximum Gasteiger partial charge on any atom is 0.167 e. The van der Waals surface area contributed by atoms with E-state index < -0.39 is 6.10 Å². The van der Waals surface area contributed by atoms with Crippen LogP contribution in [-0.4, -0.2) is 28.2 Å². The van der Waals surface area contributed by atoms with E-state index in [1.807, 2.05) is 0 Å². The second-order valence-corrected chi connectivity index (χ2v) is 5.22. The lowest BCUT2D eigenvalue weighted by atomic mass is 9.85. The van der Waals surface area contributed by atoms with Crippen molar-refractivity contribution in [3.05, 3.63) is 34.9 Å². The van der Waals surface area contributed by atoms with Crippen LogP contribution in [0, 0.1) is 0 Å². The molecule has 5 heteroatoms. The summed E-state index contributed by atoms with van der Waals surface area (Å²) in [5.74, 6) is 0.0558. The minimum Gasteiger partial charge on any atom is -0.506 e. The summed E-state index contributed by atoms with van der Waals surface area (Å²) < 4.78 is 5.26. The van der Waals surface area contributed by atoms with Gasteiger partial charge in [-0.15, -0.1) is 0 Å². The first-order valence-corrected chi connectivity index (χ1v) is 6.75. The number of hydrogen-bond acceptors (Lipinski definition) is 5. The molecule has 0 aromatic heterocycles. The Labute approximate surface area is 121 Å². The van der Waals surface area contributed by atoms with Crippen molar-refractivity contribution in [3.8, 4) is 11.5 Å². The molecule has 21 heavy (non-hydrogen) atoms. The van der Waals surface area contributed by atoms with Crippen LogP contribution >= 0.6 is 0 Å². The summed E-state index contributed by atoms with van der Waals surface area (Å²) in [6.45, 7) is -0.161. The lowest BCUT2D eigenvalue weighted by molar-refractivity contribution is 0.0893. The zero-order valence-corrected chi connectivity index (χ0v) is 11.6. The van der Waals surface area contributed by atoms with E-state index in [1.54, 1.807) is 18.2 Å². The fourth-order valence-electron chi connectivity index (χ4n) is 2.92. The van der Waals surface area contributed by atoms with Crippen LogP contribution < -0.4 is 4.74 Å². The van der Waals surface area contributed by atoms with Gasteiger partial charge in [-0.05, 0) is 41.1 Å². The summed E-state index contributed by atoms with van der Waals surface area (Å²) in [4.78, 5) is 12.1. The fourth-order valence-corrected chi connectivity index (χ4v) is 2.92. The molecule has 110 valence electrons. The fraction of sp³-hybridized carbons (Fsp3) is 0.312. The van der Waals surface area contributed by atoms with Crippen LogP contribution in [0.15, 0.2) is 18.2 Å². The number of aromatic hydroxyl groups is 1. The monoisotopic (exact) mass is 288 g/mol. The number of aliphatic hydroxyl groups excluding tert-OH is 2. The number of Topliss-reactive ketones (excluding diaryl/α,β-unsaturated/α-hetero) is 1. The molecule has 0 aliphatic heterocycles. The number of fused-ring (bicyclic) bond motifs is 2. The van der Waals surface area contributed by atoms with Crippen LogP contribution in [0.25, 0.3) is 10.8 Å². The van der Waals surface area contributed by atoms with Crippen molar-refractivity contribution in [1.82, 2.24) is 0 Å². The SMILES string of the molecule is COc1cc(CO)cc2cc3c(c(O)c12)C(=O)CCC3O. The summed E-state index contributed by atoms with van der Waals surface area (Å²) in [5, 5.41) is 30.9. The van der Waals surface area contributed by atoms with Crippen molar-refractivity contribution < 1.29 is 24.9 Å². The largest absolute Gasteiger partial charge is 0.506 e. The summed E-state index contributed by atoms with van der Waals surface area (Å²) in [7, 11) is 1.46. The van der Waals surface area contributed by atoms with Gasteiger partial charge in [0.2, 0.25) is 0 Å². The van der Waals surface area contributed by atoms with Crippen LogP contribution in [-0.2, 0) is 6.61 Å². The summed E-state index contributed by atoms with van der Waals surface area (Å²) >= 11 is 0. The van der Waals surface area contributed by atoms with E-state index in [-0.39, 0.29) is 30.1 Å². The van der Waals surface area contributed by atoms with E-state index in [0.29, 0.717) is 34.1 Å². The van der Waals surface area contributed by atoms with Crippen LogP contribution in [0.2, 0.25) is 0 Å². The number of ether oxygens (including phenoxy) is 1. The molecule has 2 aromatic rings. The van der Waals surface area contributed by atoms with Gasteiger partial charge in [0.1, 0.15) is 11.5 Å². The molecule has 0 radical (unpaired) electrons. The number of carbonyl (C=O) groups is 1. The number of aliphatic hydroxyl groups is 2. The highest BCUT2D eigenvalue weighted by atomic mass is 16.5. The Morgan fingerprint density at radius 3 is 2.76 bits per heavy atom. The highest BCUT2D eigenvalue weighted by molar-refractivity contribution is 6.08. The highest BCUT2D eigenvalue weighted by Crippen LogP contribution is 2.43. The van der Waals surface area contributed by atoms with Crippen LogP contribution in [0.4, 0.5) is 0 Å². The molecule has 0 amide bonds. The molecule has 5 nitrogen and oxygen atoms in total. The van der Waals surface area contributed by atoms with Gasteiger partial charge in [-0.1, -0.05) is 0 Å². The Bertz CT molecular complexity index is 735. The number of phenols is 1. The topological polar surface area (TPSA) is 87.0 Å². The predicted octanol–water partition coefficient (Wildman–Crippen LogP) is 2.06. The van der Waals surface area contributed by atoms with Crippen molar-refractivity contribution >= 4 is 16.6 Å². The van der Waals surface area contributed by atoms with E-state index in [4.69, 9.17) is 4.74 Å². The first kappa shape index (κ1) is 13.9. The third-order valence-corrected chi connectivity index (χ3v) is 3.95. The molecule has 0 fully saturated rings. The van der Waals surface area contributed by atoms with Gasteiger partial charge in [-0.3, -0.25) is 4.79 Å². The van der Waals surface area contributed by atoms with Crippen molar-refractivity contribution in [2.75, 3.05) is 7.11 Å². The van der Waals surface area contributed by atoms with E-state index in [9.17, 15) is 20.1 Å². The number of hydrogen-bond donors (Lipinski definition) is 3. The van der Waals surface area contributed by atoms with E-state index >= 15 is 0 Å². The first-order chi connectivity index (χ1) is 10.1. The molecule has 0 heterocycles. The van der Waals surface area contributed by atoms with Gasteiger partial charge in [-0.25, -0.2) is 0 Å². The Kier molecular flexibility index (Phi) is 3.31. The zero-order chi connectivity index (χ0) is 15.1. The summed E-state index contributed by atoms with van der Waals surface area (Å²) in [5.41, 5.74) is 1.25. The van der Waals surface area contributed by atoms with Crippen LogP contribution in [0.1, 0.15) is 40.4 Å². The van der Waals surface area contributed by atoms with E-state index in [0.717, 1.165) is 0 Å². The number of rotatable bonds is 2. The predicted molar refractivity (Wildman–Crippen MR) is 76.6 cm³/mol. The third-order valence-electron chi connectivity index (χ3n) is 3.95. The second-order valence-electron chi connectivity index (χ2n) is 5.22. The molecule has 0 spiro atoms. The first-order valence-electron chi connectivity index (χ1n) is 6.75. The molecule has 1 aliphatic carbocycles. The number of carbonyl (C=O) groups excluding carboxylic acids is 1. The van der Waals surface area contributed by atoms with Gasteiger partial charge in [0, 0.05) is 6.42 Å². The summed E-state index contributed by atoms with van der Waals surface area (Å²) in [6, 6.07) is 5.02. The molecule has 3 N–H and O–H groups in total. The lowest BCUT2D eigenvalue weighted by Gasteiger charge is -2.23. The van der Waals surface area contributed by atoms with Gasteiger partial charge in [-0.2, -0.15) is 0 Å². The average molecular weight is 288 g/mol. The molecular weight excluding hydrogens is 272 g/mol. The third kappa shape index (κ3) is 2.05. The lowest BCUT2D eigenvalue weighted by Crippen LogP contribution is -2.15. The zero-order valence-electron chi connectivity index (χ0n) is 11.6. The van der Waals surface area contributed by atoms with Gasteiger partial charge in [0.15, 0.2) is 5.78 Å². The van der Waals surface area contributed by atoms with Crippen LogP contribution in [0.5, 0.6) is 11.5 Å². The normalized spacial score (nSPS) is 17.9. The molecule has 0 bridgehead atoms. The molecule has 1 atom stereocenters.